The number of rotatable bonds is 8. The van der Waals surface area contributed by atoms with Crippen LogP contribution in [-0.2, 0) is 24.7 Å². The van der Waals surface area contributed by atoms with Gasteiger partial charge in [0.1, 0.15) is 5.25 Å². The van der Waals surface area contributed by atoms with Gasteiger partial charge in [-0.05, 0) is 48.1 Å². The molecule has 33 heavy (non-hydrogen) atoms. The molecule has 1 N–H and O–H groups in total. The van der Waals surface area contributed by atoms with Gasteiger partial charge in [0, 0.05) is 37.9 Å². The van der Waals surface area contributed by atoms with Crippen LogP contribution in [0.1, 0.15) is 49.0 Å². The number of amides is 1. The van der Waals surface area contributed by atoms with E-state index in [2.05, 4.69) is 10.3 Å². The molecule has 10 heteroatoms. The van der Waals surface area contributed by atoms with Gasteiger partial charge in [-0.15, -0.1) is 0 Å². The Hall–Kier alpha value is -2.30. The van der Waals surface area contributed by atoms with E-state index in [0.717, 1.165) is 11.8 Å². The van der Waals surface area contributed by atoms with Crippen LogP contribution in [0.3, 0.4) is 0 Å². The quantitative estimate of drug-likeness (QED) is 0.605. The molecule has 1 aromatic carbocycles. The highest BCUT2D eigenvalue weighted by Gasteiger charge is 2.33. The van der Waals surface area contributed by atoms with E-state index >= 15 is 0 Å². The third kappa shape index (κ3) is 6.18. The number of pyridine rings is 1. The summed E-state index contributed by atoms with van der Waals surface area (Å²) in [7, 11) is -7.07. The summed E-state index contributed by atoms with van der Waals surface area (Å²) in [6.45, 7) is 4.55. The average Bonchev–Trinajstić information content (AvgIpc) is 2.79. The van der Waals surface area contributed by atoms with E-state index in [1.54, 1.807) is 30.5 Å². The van der Waals surface area contributed by atoms with Crippen LogP contribution < -0.4 is 5.32 Å². The topological polar surface area (TPSA) is 114 Å². The van der Waals surface area contributed by atoms with Gasteiger partial charge in [-0.3, -0.25) is 9.78 Å². The molecule has 1 aromatic heterocycles. The maximum absolute atomic E-state index is 13.5. The van der Waals surface area contributed by atoms with Crippen molar-refractivity contribution in [2.24, 2.45) is 5.92 Å². The number of aromatic nitrogens is 1. The molecule has 1 unspecified atom stereocenters. The number of benzene rings is 1. The number of sulfonamides is 1. The standard InChI is InChI=1S/C23H31N3O5S2/c1-17(2)18-6-8-21(9-7-18)33(30,31)22(20-5-4-12-24-15-20)16-25-23(27)19-10-13-26(14-11-19)32(3,28)29/h4-9,12,15,17,19,22H,10-11,13-14,16H2,1-3H3,(H,25,27). The number of nitrogens with one attached hydrogen (secondary N) is 1. The first-order valence-electron chi connectivity index (χ1n) is 11.0. The summed E-state index contributed by atoms with van der Waals surface area (Å²) in [6, 6.07) is 10.2. The van der Waals surface area contributed by atoms with Crippen molar-refractivity contribution in [3.63, 3.8) is 0 Å². The SMILES string of the molecule is CC(C)c1ccc(S(=O)(=O)C(CNC(=O)C2CCN(S(C)(=O)=O)CC2)c2cccnc2)cc1. The molecule has 8 nitrogen and oxygen atoms in total. The van der Waals surface area contributed by atoms with Crippen LogP contribution in [0, 0.1) is 5.92 Å². The van der Waals surface area contributed by atoms with E-state index in [0.29, 0.717) is 18.4 Å². The highest BCUT2D eigenvalue weighted by Crippen LogP contribution is 2.29. The van der Waals surface area contributed by atoms with Crippen LogP contribution in [0.5, 0.6) is 0 Å². The summed E-state index contributed by atoms with van der Waals surface area (Å²) in [5.74, 6) is -0.336. The Labute approximate surface area is 196 Å². The van der Waals surface area contributed by atoms with Crippen molar-refractivity contribution in [1.29, 1.82) is 0 Å². The molecule has 1 amide bonds. The van der Waals surface area contributed by atoms with Gasteiger partial charge in [-0.2, -0.15) is 0 Å². The molecule has 1 atom stereocenters. The smallest absolute Gasteiger partial charge is 0.223 e. The lowest BCUT2D eigenvalue weighted by Gasteiger charge is -2.29. The van der Waals surface area contributed by atoms with E-state index in [9.17, 15) is 21.6 Å². The number of hydrogen-bond donors (Lipinski definition) is 1. The molecule has 0 aliphatic carbocycles. The Kier molecular flexibility index (Phi) is 7.92. The van der Waals surface area contributed by atoms with Crippen LogP contribution in [0.25, 0.3) is 0 Å². The maximum atomic E-state index is 13.5. The number of carbonyl (C=O) groups is 1. The number of hydrogen-bond acceptors (Lipinski definition) is 6. The zero-order valence-corrected chi connectivity index (χ0v) is 20.8. The number of piperidine rings is 1. The highest BCUT2D eigenvalue weighted by molar-refractivity contribution is 7.91. The molecule has 2 heterocycles. The van der Waals surface area contributed by atoms with Crippen LogP contribution in [0.15, 0.2) is 53.7 Å². The van der Waals surface area contributed by atoms with Crippen LogP contribution in [-0.4, -0.2) is 57.9 Å². The molecule has 0 radical (unpaired) electrons. The summed E-state index contributed by atoms with van der Waals surface area (Å²) in [5.41, 5.74) is 1.54. The predicted octanol–water partition coefficient (Wildman–Crippen LogP) is 2.51. The van der Waals surface area contributed by atoms with Gasteiger partial charge >= 0.3 is 0 Å². The number of carbonyl (C=O) groups excluding carboxylic acids is 1. The second-order valence-corrected chi connectivity index (χ2v) is 12.8. The molecule has 180 valence electrons. The second-order valence-electron chi connectivity index (χ2n) is 8.73. The normalized spacial score (nSPS) is 17.1. The molecule has 1 fully saturated rings. The van der Waals surface area contributed by atoms with Crippen LogP contribution >= 0.6 is 0 Å². The zero-order chi connectivity index (χ0) is 24.2. The lowest BCUT2D eigenvalue weighted by molar-refractivity contribution is -0.126. The molecule has 1 aliphatic rings. The highest BCUT2D eigenvalue weighted by atomic mass is 32.2. The molecule has 2 aromatic rings. The predicted molar refractivity (Wildman–Crippen MR) is 127 cm³/mol. The van der Waals surface area contributed by atoms with Gasteiger partial charge in [0.2, 0.25) is 15.9 Å². The van der Waals surface area contributed by atoms with Crippen LogP contribution in [0.2, 0.25) is 0 Å². The third-order valence-electron chi connectivity index (χ3n) is 6.06. The monoisotopic (exact) mass is 493 g/mol. The lowest BCUT2D eigenvalue weighted by atomic mass is 9.97. The fourth-order valence-electron chi connectivity index (χ4n) is 3.97. The number of sulfone groups is 1. The Morgan fingerprint density at radius 1 is 1.06 bits per heavy atom. The van der Waals surface area contributed by atoms with Crippen molar-refractivity contribution in [2.45, 2.75) is 42.8 Å². The van der Waals surface area contributed by atoms with Gasteiger partial charge in [-0.1, -0.05) is 32.0 Å². The number of nitrogens with zero attached hydrogens (tertiary/aromatic N) is 2. The molecule has 1 saturated heterocycles. The fraction of sp³-hybridized carbons (Fsp3) is 0.478. The van der Waals surface area contributed by atoms with Gasteiger partial charge in [0.15, 0.2) is 9.84 Å². The Morgan fingerprint density at radius 2 is 1.70 bits per heavy atom. The molecule has 3 rings (SSSR count). The first kappa shape index (κ1) is 25.3. The summed E-state index contributed by atoms with van der Waals surface area (Å²) in [6.07, 6.45) is 5.03. The first-order chi connectivity index (χ1) is 15.5. The zero-order valence-electron chi connectivity index (χ0n) is 19.1. The van der Waals surface area contributed by atoms with E-state index in [1.165, 1.54) is 10.5 Å². The summed E-state index contributed by atoms with van der Waals surface area (Å²) in [4.78, 5) is 17.0. The minimum Gasteiger partial charge on any atom is -0.354 e. The second kappa shape index (κ2) is 10.3. The van der Waals surface area contributed by atoms with Gasteiger partial charge in [-0.25, -0.2) is 21.1 Å². The minimum atomic E-state index is -3.79. The van der Waals surface area contributed by atoms with Crippen molar-refractivity contribution < 1.29 is 21.6 Å². The summed E-state index contributed by atoms with van der Waals surface area (Å²) < 4.78 is 51.8. The summed E-state index contributed by atoms with van der Waals surface area (Å²) in [5, 5.41) is 1.81. The van der Waals surface area contributed by atoms with E-state index in [1.807, 2.05) is 26.0 Å². The van der Waals surface area contributed by atoms with Gasteiger partial charge < -0.3 is 5.32 Å². The van der Waals surface area contributed by atoms with Crippen LogP contribution in [0.4, 0.5) is 0 Å². The van der Waals surface area contributed by atoms with E-state index < -0.39 is 25.1 Å². The lowest BCUT2D eigenvalue weighted by Crippen LogP contribution is -2.43. The van der Waals surface area contributed by atoms with Crippen molar-refractivity contribution >= 4 is 25.8 Å². The van der Waals surface area contributed by atoms with Gasteiger partial charge in [0.05, 0.1) is 11.2 Å². The Bertz CT molecular complexity index is 1160. The largest absolute Gasteiger partial charge is 0.354 e. The Morgan fingerprint density at radius 3 is 2.21 bits per heavy atom. The molecular weight excluding hydrogens is 462 g/mol. The van der Waals surface area contributed by atoms with E-state index in [4.69, 9.17) is 0 Å². The first-order valence-corrected chi connectivity index (χ1v) is 14.4. The molecule has 0 saturated carbocycles. The molecule has 1 aliphatic heterocycles. The molecule has 0 bridgehead atoms. The van der Waals surface area contributed by atoms with Crippen molar-refractivity contribution in [1.82, 2.24) is 14.6 Å². The third-order valence-corrected chi connectivity index (χ3v) is 9.48. The fourth-order valence-corrected chi connectivity index (χ4v) is 6.49. The molecule has 0 spiro atoms. The Balaban J connectivity index is 1.76. The van der Waals surface area contributed by atoms with E-state index in [-0.39, 0.29) is 42.3 Å². The minimum absolute atomic E-state index is 0.0922. The van der Waals surface area contributed by atoms with Crippen molar-refractivity contribution in [3.8, 4) is 0 Å². The van der Waals surface area contributed by atoms with Crippen molar-refractivity contribution in [2.75, 3.05) is 25.9 Å². The summed E-state index contributed by atoms with van der Waals surface area (Å²) >= 11 is 0. The molecular formula is C23H31N3O5S2. The van der Waals surface area contributed by atoms with Crippen molar-refractivity contribution in [3.05, 3.63) is 59.9 Å². The van der Waals surface area contributed by atoms with Gasteiger partial charge in [0.25, 0.3) is 0 Å². The average molecular weight is 494 g/mol. The maximum Gasteiger partial charge on any atom is 0.223 e.